The van der Waals surface area contributed by atoms with Crippen molar-refractivity contribution >= 4 is 0 Å². The number of pyridine rings is 1. The summed E-state index contributed by atoms with van der Waals surface area (Å²) in [6.45, 7) is 4.12. The van der Waals surface area contributed by atoms with E-state index in [0.717, 1.165) is 18.8 Å². The second kappa shape index (κ2) is 5.73. The normalized spacial score (nSPS) is 13.1. The van der Waals surface area contributed by atoms with Gasteiger partial charge in [-0.3, -0.25) is 9.88 Å². The van der Waals surface area contributed by atoms with Gasteiger partial charge in [0.25, 0.3) is 0 Å². The number of nitrogens with one attached hydrogen (secondary N) is 1. The Hall–Kier alpha value is -0.930. The van der Waals surface area contributed by atoms with E-state index in [1.54, 1.807) is 0 Å². The first kappa shape index (κ1) is 11.1. The maximum Gasteiger partial charge on any atom is 0.0543 e. The third-order valence-electron chi connectivity index (χ3n) is 2.24. The van der Waals surface area contributed by atoms with E-state index in [1.165, 1.54) is 0 Å². The predicted molar refractivity (Wildman–Crippen MR) is 59.1 cm³/mol. The average Bonchev–Trinajstić information content (AvgIpc) is 2.19. The molecular weight excluding hydrogens is 174 g/mol. The molecule has 1 N–H and O–H groups in total. The number of hydrogen-bond acceptors (Lipinski definition) is 3. The zero-order chi connectivity index (χ0) is 10.4. The summed E-state index contributed by atoms with van der Waals surface area (Å²) >= 11 is 0. The molecule has 0 saturated heterocycles. The Kier molecular flexibility index (Phi) is 4.56. The van der Waals surface area contributed by atoms with Crippen LogP contribution in [0.1, 0.15) is 12.6 Å². The van der Waals surface area contributed by atoms with Crippen molar-refractivity contribution in [1.82, 2.24) is 15.2 Å². The van der Waals surface area contributed by atoms with Crippen LogP contribution in [0.15, 0.2) is 24.4 Å². The second-order valence-corrected chi connectivity index (χ2v) is 3.71. The molecule has 0 radical (unpaired) electrons. The van der Waals surface area contributed by atoms with Gasteiger partial charge in [0.1, 0.15) is 0 Å². The summed E-state index contributed by atoms with van der Waals surface area (Å²) in [7, 11) is 4.10. The van der Waals surface area contributed by atoms with E-state index < -0.39 is 0 Å². The minimum absolute atomic E-state index is 0.517. The van der Waals surface area contributed by atoms with Crippen molar-refractivity contribution in [2.75, 3.05) is 20.6 Å². The van der Waals surface area contributed by atoms with Gasteiger partial charge in [-0.2, -0.15) is 0 Å². The van der Waals surface area contributed by atoms with Gasteiger partial charge in [0, 0.05) is 25.3 Å². The van der Waals surface area contributed by atoms with E-state index in [-0.39, 0.29) is 0 Å². The van der Waals surface area contributed by atoms with E-state index in [0.29, 0.717) is 6.04 Å². The highest BCUT2D eigenvalue weighted by Gasteiger charge is 2.04. The Morgan fingerprint density at radius 2 is 2.29 bits per heavy atom. The van der Waals surface area contributed by atoms with Crippen molar-refractivity contribution in [1.29, 1.82) is 0 Å². The standard InChI is InChI=1S/C11H19N3/c1-10(12-2)8-14(3)9-11-6-4-5-7-13-11/h4-7,10,12H,8-9H2,1-3H3. The lowest BCUT2D eigenvalue weighted by atomic mass is 10.3. The molecule has 0 bridgehead atoms. The SMILES string of the molecule is CNC(C)CN(C)Cc1ccccn1. The monoisotopic (exact) mass is 193 g/mol. The summed E-state index contributed by atoms with van der Waals surface area (Å²) in [6, 6.07) is 6.54. The number of rotatable bonds is 5. The van der Waals surface area contributed by atoms with Gasteiger partial charge < -0.3 is 5.32 Å². The molecule has 1 rings (SSSR count). The van der Waals surface area contributed by atoms with Crippen molar-refractivity contribution in [3.8, 4) is 0 Å². The van der Waals surface area contributed by atoms with Crippen molar-refractivity contribution in [3.05, 3.63) is 30.1 Å². The van der Waals surface area contributed by atoms with Crippen LogP contribution in [0.4, 0.5) is 0 Å². The Morgan fingerprint density at radius 3 is 2.86 bits per heavy atom. The average molecular weight is 193 g/mol. The van der Waals surface area contributed by atoms with E-state index in [9.17, 15) is 0 Å². The highest BCUT2D eigenvalue weighted by Crippen LogP contribution is 1.99. The Labute approximate surface area is 86.2 Å². The third kappa shape index (κ3) is 3.85. The Bertz CT molecular complexity index is 248. The van der Waals surface area contributed by atoms with Crippen LogP contribution in [-0.2, 0) is 6.54 Å². The highest BCUT2D eigenvalue weighted by molar-refractivity contribution is 5.03. The van der Waals surface area contributed by atoms with Crippen LogP contribution in [0.2, 0.25) is 0 Å². The van der Waals surface area contributed by atoms with Crippen LogP contribution in [0.5, 0.6) is 0 Å². The summed E-state index contributed by atoms with van der Waals surface area (Å²) in [6.07, 6.45) is 1.84. The Morgan fingerprint density at radius 1 is 1.50 bits per heavy atom. The van der Waals surface area contributed by atoms with E-state index in [4.69, 9.17) is 0 Å². The van der Waals surface area contributed by atoms with Gasteiger partial charge in [0.05, 0.1) is 5.69 Å². The molecule has 3 nitrogen and oxygen atoms in total. The number of aromatic nitrogens is 1. The van der Waals surface area contributed by atoms with Crippen LogP contribution in [0.3, 0.4) is 0 Å². The highest BCUT2D eigenvalue weighted by atomic mass is 15.1. The molecule has 0 aliphatic heterocycles. The molecule has 1 heterocycles. The molecule has 0 amide bonds. The van der Waals surface area contributed by atoms with Crippen LogP contribution >= 0.6 is 0 Å². The minimum Gasteiger partial charge on any atom is -0.316 e. The molecule has 3 heteroatoms. The lowest BCUT2D eigenvalue weighted by molar-refractivity contribution is 0.292. The minimum atomic E-state index is 0.517. The van der Waals surface area contributed by atoms with Crippen molar-refractivity contribution in [3.63, 3.8) is 0 Å². The van der Waals surface area contributed by atoms with Gasteiger partial charge in [-0.1, -0.05) is 6.07 Å². The molecule has 1 atom stereocenters. The molecule has 0 aromatic carbocycles. The maximum atomic E-state index is 4.29. The quantitative estimate of drug-likeness (QED) is 0.759. The molecule has 14 heavy (non-hydrogen) atoms. The molecule has 0 fully saturated rings. The van der Waals surface area contributed by atoms with Gasteiger partial charge in [-0.05, 0) is 33.2 Å². The summed E-state index contributed by atoms with van der Waals surface area (Å²) in [5, 5.41) is 3.22. The first-order chi connectivity index (χ1) is 6.72. The van der Waals surface area contributed by atoms with Crippen LogP contribution < -0.4 is 5.32 Å². The van der Waals surface area contributed by atoms with E-state index in [2.05, 4.69) is 35.2 Å². The third-order valence-corrected chi connectivity index (χ3v) is 2.24. The first-order valence-corrected chi connectivity index (χ1v) is 4.98. The lowest BCUT2D eigenvalue weighted by Crippen LogP contribution is -2.35. The molecular formula is C11H19N3. The summed E-state index contributed by atoms with van der Waals surface area (Å²) in [4.78, 5) is 6.56. The number of nitrogens with zero attached hydrogens (tertiary/aromatic N) is 2. The van der Waals surface area contributed by atoms with Gasteiger partial charge in [-0.25, -0.2) is 0 Å². The largest absolute Gasteiger partial charge is 0.316 e. The van der Waals surface area contributed by atoms with Crippen molar-refractivity contribution in [2.24, 2.45) is 0 Å². The summed E-state index contributed by atoms with van der Waals surface area (Å²) in [5.41, 5.74) is 1.12. The molecule has 1 unspecified atom stereocenters. The molecule has 1 aromatic heterocycles. The second-order valence-electron chi connectivity index (χ2n) is 3.71. The van der Waals surface area contributed by atoms with Crippen LogP contribution in [0.25, 0.3) is 0 Å². The van der Waals surface area contributed by atoms with Gasteiger partial charge >= 0.3 is 0 Å². The fraction of sp³-hybridized carbons (Fsp3) is 0.545. The zero-order valence-corrected chi connectivity index (χ0v) is 9.20. The predicted octanol–water partition coefficient (Wildman–Crippen LogP) is 1.12. The van der Waals surface area contributed by atoms with Crippen LogP contribution in [-0.4, -0.2) is 36.6 Å². The van der Waals surface area contributed by atoms with Crippen molar-refractivity contribution < 1.29 is 0 Å². The van der Waals surface area contributed by atoms with Crippen molar-refractivity contribution in [2.45, 2.75) is 19.5 Å². The molecule has 78 valence electrons. The summed E-state index contributed by atoms with van der Waals surface area (Å²) in [5.74, 6) is 0. The van der Waals surface area contributed by atoms with Gasteiger partial charge in [0.15, 0.2) is 0 Å². The maximum absolute atomic E-state index is 4.29. The molecule has 0 aliphatic carbocycles. The Balaban J connectivity index is 2.37. The lowest BCUT2D eigenvalue weighted by Gasteiger charge is -2.20. The molecule has 1 aromatic rings. The molecule has 0 aliphatic rings. The van der Waals surface area contributed by atoms with E-state index in [1.807, 2.05) is 25.4 Å². The smallest absolute Gasteiger partial charge is 0.0543 e. The van der Waals surface area contributed by atoms with Gasteiger partial charge in [0.2, 0.25) is 0 Å². The zero-order valence-electron chi connectivity index (χ0n) is 9.20. The first-order valence-electron chi connectivity index (χ1n) is 4.98. The fourth-order valence-electron chi connectivity index (χ4n) is 1.39. The molecule has 0 saturated carbocycles. The van der Waals surface area contributed by atoms with Crippen LogP contribution in [0, 0.1) is 0 Å². The van der Waals surface area contributed by atoms with E-state index >= 15 is 0 Å². The fourth-order valence-corrected chi connectivity index (χ4v) is 1.39. The molecule has 0 spiro atoms. The number of likely N-dealkylation sites (N-methyl/N-ethyl adjacent to an activating group) is 2. The van der Waals surface area contributed by atoms with Gasteiger partial charge in [-0.15, -0.1) is 0 Å². The topological polar surface area (TPSA) is 28.2 Å². The number of hydrogen-bond donors (Lipinski definition) is 1. The summed E-state index contributed by atoms with van der Waals surface area (Å²) < 4.78 is 0.